The topological polar surface area (TPSA) is 54.9 Å². The molecule has 0 aliphatic carbocycles. The van der Waals surface area contributed by atoms with Crippen LogP contribution < -0.4 is 5.32 Å². The molecule has 0 spiro atoms. The van der Waals surface area contributed by atoms with E-state index < -0.39 is 0 Å². The molecular weight excluding hydrogens is 306 g/mol. The summed E-state index contributed by atoms with van der Waals surface area (Å²) in [6.07, 6.45) is 3.25. The summed E-state index contributed by atoms with van der Waals surface area (Å²) >= 11 is 1.36. The molecule has 1 N–H and O–H groups in total. The van der Waals surface area contributed by atoms with Crippen molar-refractivity contribution in [1.82, 2.24) is 10.2 Å². The fraction of sp³-hybridized carbons (Fsp3) is 0.0556. The third-order valence-corrected chi connectivity index (χ3v) is 4.03. The maximum atomic E-state index is 11.9. The number of carbonyl (C=O) groups is 1. The standard InChI is InChI=1S/C18H15N3OS/c1-13-6-5-9-15(12-13)17-20-21-18(23-17)19-16(22)11-10-14-7-3-2-4-8-14/h2-12H,1H3,(H,19,21,22)/b11-10-. The molecule has 23 heavy (non-hydrogen) atoms. The van der Waals surface area contributed by atoms with Crippen molar-refractivity contribution in [3.05, 3.63) is 71.8 Å². The third kappa shape index (κ3) is 4.11. The van der Waals surface area contributed by atoms with Crippen molar-refractivity contribution in [3.63, 3.8) is 0 Å². The summed E-state index contributed by atoms with van der Waals surface area (Å²) in [7, 11) is 0. The van der Waals surface area contributed by atoms with Crippen molar-refractivity contribution >= 4 is 28.5 Å². The minimum absolute atomic E-state index is 0.221. The van der Waals surface area contributed by atoms with E-state index in [2.05, 4.69) is 15.5 Å². The second-order valence-electron chi connectivity index (χ2n) is 5.02. The maximum Gasteiger partial charge on any atom is 0.250 e. The number of benzene rings is 2. The average Bonchev–Trinajstić information content (AvgIpc) is 3.02. The van der Waals surface area contributed by atoms with Gasteiger partial charge in [-0.1, -0.05) is 65.4 Å². The summed E-state index contributed by atoms with van der Waals surface area (Å²) in [5, 5.41) is 12.2. The van der Waals surface area contributed by atoms with Crippen LogP contribution in [-0.4, -0.2) is 16.1 Å². The number of nitrogens with one attached hydrogen (secondary N) is 1. The van der Waals surface area contributed by atoms with Crippen LogP contribution >= 0.6 is 11.3 Å². The highest BCUT2D eigenvalue weighted by Crippen LogP contribution is 2.26. The number of aromatic nitrogens is 2. The van der Waals surface area contributed by atoms with E-state index in [9.17, 15) is 4.79 Å². The number of rotatable bonds is 4. The molecule has 5 heteroatoms. The lowest BCUT2D eigenvalue weighted by molar-refractivity contribution is -0.111. The number of hydrogen-bond donors (Lipinski definition) is 1. The van der Waals surface area contributed by atoms with Gasteiger partial charge in [0, 0.05) is 11.6 Å². The Morgan fingerprint density at radius 2 is 1.91 bits per heavy atom. The molecule has 0 atom stereocenters. The Morgan fingerprint density at radius 3 is 2.70 bits per heavy atom. The molecule has 0 aliphatic rings. The van der Waals surface area contributed by atoms with Crippen LogP contribution in [0.5, 0.6) is 0 Å². The zero-order chi connectivity index (χ0) is 16.1. The summed E-state index contributed by atoms with van der Waals surface area (Å²) in [6, 6.07) is 17.7. The van der Waals surface area contributed by atoms with E-state index in [1.165, 1.54) is 17.4 Å². The number of hydrogen-bond acceptors (Lipinski definition) is 4. The summed E-state index contributed by atoms with van der Waals surface area (Å²) in [4.78, 5) is 11.9. The molecule has 0 fully saturated rings. The van der Waals surface area contributed by atoms with E-state index >= 15 is 0 Å². The van der Waals surface area contributed by atoms with Crippen LogP contribution in [0.2, 0.25) is 0 Å². The van der Waals surface area contributed by atoms with Crippen LogP contribution in [-0.2, 0) is 4.79 Å². The van der Waals surface area contributed by atoms with Gasteiger partial charge in [0.05, 0.1) is 0 Å². The summed E-state index contributed by atoms with van der Waals surface area (Å²) < 4.78 is 0. The fourth-order valence-corrected chi connectivity index (χ4v) is 2.79. The quantitative estimate of drug-likeness (QED) is 0.734. The van der Waals surface area contributed by atoms with Crippen LogP contribution in [0.3, 0.4) is 0 Å². The number of nitrogens with zero attached hydrogens (tertiary/aromatic N) is 2. The first-order chi connectivity index (χ1) is 11.2. The van der Waals surface area contributed by atoms with Gasteiger partial charge in [0.2, 0.25) is 11.0 Å². The molecule has 0 saturated carbocycles. The number of aryl methyl sites for hydroxylation is 1. The fourth-order valence-electron chi connectivity index (χ4n) is 2.05. The third-order valence-electron chi connectivity index (χ3n) is 3.15. The minimum atomic E-state index is -0.221. The van der Waals surface area contributed by atoms with Crippen molar-refractivity contribution in [2.75, 3.05) is 5.32 Å². The Bertz CT molecular complexity index is 840. The van der Waals surface area contributed by atoms with Crippen LogP contribution in [0.1, 0.15) is 11.1 Å². The molecule has 4 nitrogen and oxygen atoms in total. The maximum absolute atomic E-state index is 11.9. The normalized spacial score (nSPS) is 10.8. The predicted octanol–water partition coefficient (Wildman–Crippen LogP) is 4.17. The van der Waals surface area contributed by atoms with E-state index in [4.69, 9.17) is 0 Å². The van der Waals surface area contributed by atoms with Crippen molar-refractivity contribution in [3.8, 4) is 10.6 Å². The van der Waals surface area contributed by atoms with Gasteiger partial charge < -0.3 is 0 Å². The van der Waals surface area contributed by atoms with E-state index in [0.29, 0.717) is 5.13 Å². The lowest BCUT2D eigenvalue weighted by atomic mass is 10.1. The molecule has 0 bridgehead atoms. The van der Waals surface area contributed by atoms with Gasteiger partial charge >= 0.3 is 0 Å². The van der Waals surface area contributed by atoms with Gasteiger partial charge in [-0.05, 0) is 24.6 Å². The molecule has 0 radical (unpaired) electrons. The molecule has 2 aromatic carbocycles. The molecular formula is C18H15N3OS. The number of amides is 1. The van der Waals surface area contributed by atoms with Crippen LogP contribution in [0, 0.1) is 6.92 Å². The Morgan fingerprint density at radius 1 is 1.09 bits per heavy atom. The second kappa shape index (κ2) is 6.98. The molecule has 3 rings (SSSR count). The Hall–Kier alpha value is -2.79. The molecule has 1 heterocycles. The van der Waals surface area contributed by atoms with Gasteiger partial charge in [-0.15, -0.1) is 10.2 Å². The average molecular weight is 321 g/mol. The smallest absolute Gasteiger partial charge is 0.250 e. The van der Waals surface area contributed by atoms with Crippen LogP contribution in [0.15, 0.2) is 60.7 Å². The Labute approximate surface area is 138 Å². The molecule has 0 saturated heterocycles. The zero-order valence-corrected chi connectivity index (χ0v) is 13.4. The van der Waals surface area contributed by atoms with Gasteiger partial charge in [0.15, 0.2) is 0 Å². The molecule has 1 aromatic heterocycles. The van der Waals surface area contributed by atoms with Crippen molar-refractivity contribution < 1.29 is 4.79 Å². The number of anilines is 1. The van der Waals surface area contributed by atoms with E-state index in [1.54, 1.807) is 6.08 Å². The highest BCUT2D eigenvalue weighted by molar-refractivity contribution is 7.18. The van der Waals surface area contributed by atoms with E-state index in [1.807, 2.05) is 61.5 Å². The lowest BCUT2D eigenvalue weighted by Crippen LogP contribution is -2.07. The van der Waals surface area contributed by atoms with Crippen molar-refractivity contribution in [2.24, 2.45) is 0 Å². The molecule has 0 unspecified atom stereocenters. The van der Waals surface area contributed by atoms with E-state index in [-0.39, 0.29) is 5.91 Å². The molecule has 114 valence electrons. The molecule has 0 aliphatic heterocycles. The number of carbonyl (C=O) groups excluding carboxylic acids is 1. The van der Waals surface area contributed by atoms with Gasteiger partial charge in [-0.25, -0.2) is 0 Å². The summed E-state index contributed by atoms with van der Waals surface area (Å²) in [5.41, 5.74) is 3.14. The highest BCUT2D eigenvalue weighted by atomic mass is 32.1. The Kier molecular flexibility index (Phi) is 4.59. The highest BCUT2D eigenvalue weighted by Gasteiger charge is 2.08. The van der Waals surface area contributed by atoms with Gasteiger partial charge in [0.1, 0.15) is 5.01 Å². The monoisotopic (exact) mass is 321 g/mol. The first-order valence-corrected chi connectivity index (χ1v) is 7.97. The van der Waals surface area contributed by atoms with Crippen LogP contribution in [0.25, 0.3) is 16.6 Å². The molecule has 3 aromatic rings. The lowest BCUT2D eigenvalue weighted by Gasteiger charge is -1.96. The first kappa shape index (κ1) is 15.1. The van der Waals surface area contributed by atoms with E-state index in [0.717, 1.165) is 21.7 Å². The zero-order valence-electron chi connectivity index (χ0n) is 12.6. The van der Waals surface area contributed by atoms with Crippen LogP contribution in [0.4, 0.5) is 5.13 Å². The summed E-state index contributed by atoms with van der Waals surface area (Å²) in [6.45, 7) is 2.03. The second-order valence-corrected chi connectivity index (χ2v) is 5.99. The summed E-state index contributed by atoms with van der Waals surface area (Å²) in [5.74, 6) is -0.221. The van der Waals surface area contributed by atoms with Gasteiger partial charge in [-0.2, -0.15) is 0 Å². The predicted molar refractivity (Wildman–Crippen MR) is 94.2 cm³/mol. The SMILES string of the molecule is Cc1cccc(-c2nnc(NC(=O)/C=C\c3ccccc3)s2)c1. The Balaban J connectivity index is 1.67. The largest absolute Gasteiger partial charge is 0.297 e. The minimum Gasteiger partial charge on any atom is -0.297 e. The molecule has 1 amide bonds. The van der Waals surface area contributed by atoms with Gasteiger partial charge in [-0.3, -0.25) is 10.1 Å². The van der Waals surface area contributed by atoms with Crippen molar-refractivity contribution in [2.45, 2.75) is 6.92 Å². The first-order valence-electron chi connectivity index (χ1n) is 7.15. The van der Waals surface area contributed by atoms with Crippen molar-refractivity contribution in [1.29, 1.82) is 0 Å². The van der Waals surface area contributed by atoms with Gasteiger partial charge in [0.25, 0.3) is 0 Å².